The van der Waals surface area contributed by atoms with Crippen LogP contribution in [0.25, 0.3) is 0 Å². The van der Waals surface area contributed by atoms with Crippen molar-refractivity contribution < 1.29 is 44.9 Å². The maximum absolute atomic E-state index is 12.8. The van der Waals surface area contributed by atoms with Crippen LogP contribution in [0, 0.1) is 0 Å². The summed E-state index contributed by atoms with van der Waals surface area (Å²) < 4.78 is 11.0. The molecular formula is C34H63NO9. The first-order valence-corrected chi connectivity index (χ1v) is 17.2. The van der Waals surface area contributed by atoms with Crippen molar-refractivity contribution in [1.82, 2.24) is 5.32 Å². The Labute approximate surface area is 265 Å². The summed E-state index contributed by atoms with van der Waals surface area (Å²) in [5.41, 5.74) is 0. The highest BCUT2D eigenvalue weighted by Gasteiger charge is 2.44. The van der Waals surface area contributed by atoms with Gasteiger partial charge in [-0.1, -0.05) is 115 Å². The second-order valence-electron chi connectivity index (χ2n) is 12.1. The summed E-state index contributed by atoms with van der Waals surface area (Å²) in [6, 6.07) is -0.988. The molecule has 0 bridgehead atoms. The smallest absolute Gasteiger partial charge is 0.249 e. The Morgan fingerprint density at radius 2 is 1.34 bits per heavy atom. The number of unbranched alkanes of at least 4 members (excludes halogenated alkanes) is 13. The number of rotatable bonds is 26. The van der Waals surface area contributed by atoms with Gasteiger partial charge in [0.25, 0.3) is 0 Å². The third-order valence-electron chi connectivity index (χ3n) is 8.14. The van der Waals surface area contributed by atoms with Gasteiger partial charge in [-0.3, -0.25) is 4.79 Å². The van der Waals surface area contributed by atoms with Gasteiger partial charge in [0, 0.05) is 0 Å². The number of allylic oxidation sites excluding steroid dienone is 3. The molecule has 8 unspecified atom stereocenters. The van der Waals surface area contributed by atoms with E-state index in [1.165, 1.54) is 57.8 Å². The van der Waals surface area contributed by atoms with Gasteiger partial charge in [0.15, 0.2) is 6.29 Å². The van der Waals surface area contributed by atoms with E-state index in [2.05, 4.69) is 31.3 Å². The van der Waals surface area contributed by atoms with Crippen LogP contribution in [0.5, 0.6) is 0 Å². The van der Waals surface area contributed by atoms with E-state index in [0.717, 1.165) is 32.1 Å². The summed E-state index contributed by atoms with van der Waals surface area (Å²) in [6.07, 6.45) is 15.8. The first-order valence-electron chi connectivity index (χ1n) is 17.2. The number of carbonyl (C=O) groups excluding carboxylic acids is 1. The molecule has 0 aromatic heterocycles. The lowest BCUT2D eigenvalue weighted by molar-refractivity contribution is -0.302. The van der Waals surface area contributed by atoms with Crippen LogP contribution < -0.4 is 5.32 Å². The molecular weight excluding hydrogens is 566 g/mol. The number of ether oxygens (including phenoxy) is 2. The number of amides is 1. The first-order chi connectivity index (χ1) is 21.3. The second kappa shape index (κ2) is 25.8. The molecule has 44 heavy (non-hydrogen) atoms. The highest BCUT2D eigenvalue weighted by Crippen LogP contribution is 2.22. The fourth-order valence-electron chi connectivity index (χ4n) is 5.17. The lowest BCUT2D eigenvalue weighted by atomic mass is 9.99. The Morgan fingerprint density at radius 3 is 1.98 bits per heavy atom. The molecule has 0 aliphatic carbocycles. The number of hydrogen-bond acceptors (Lipinski definition) is 9. The van der Waals surface area contributed by atoms with Crippen molar-refractivity contribution in [3.63, 3.8) is 0 Å². The second-order valence-corrected chi connectivity index (χ2v) is 12.1. The minimum Gasteiger partial charge on any atom is -0.394 e. The molecule has 1 aliphatic rings. The van der Waals surface area contributed by atoms with Gasteiger partial charge in [-0.2, -0.15) is 0 Å². The van der Waals surface area contributed by atoms with Crippen molar-refractivity contribution in [1.29, 1.82) is 0 Å². The highest BCUT2D eigenvalue weighted by molar-refractivity contribution is 5.80. The molecule has 0 spiro atoms. The maximum atomic E-state index is 12.8. The summed E-state index contributed by atoms with van der Waals surface area (Å²) >= 11 is 0. The topological polar surface area (TPSA) is 169 Å². The van der Waals surface area contributed by atoms with Crippen molar-refractivity contribution in [3.05, 3.63) is 24.3 Å². The molecule has 1 aliphatic heterocycles. The maximum Gasteiger partial charge on any atom is 0.249 e. The quantitative estimate of drug-likeness (QED) is 0.0556. The van der Waals surface area contributed by atoms with Crippen LogP contribution in [-0.2, 0) is 14.3 Å². The molecule has 0 radical (unpaired) electrons. The van der Waals surface area contributed by atoms with Crippen LogP contribution in [0.3, 0.4) is 0 Å². The minimum atomic E-state index is -1.61. The number of aliphatic hydroxyl groups excluding tert-OH is 6. The van der Waals surface area contributed by atoms with Crippen LogP contribution in [0.4, 0.5) is 0 Å². The van der Waals surface area contributed by atoms with Crippen molar-refractivity contribution in [3.8, 4) is 0 Å². The number of carbonyl (C=O) groups is 1. The van der Waals surface area contributed by atoms with Gasteiger partial charge < -0.3 is 45.4 Å². The van der Waals surface area contributed by atoms with Gasteiger partial charge >= 0.3 is 0 Å². The van der Waals surface area contributed by atoms with E-state index in [0.29, 0.717) is 19.3 Å². The standard InChI is InChI=1S/C34H63NO9/c1-3-5-7-9-11-13-14-15-17-18-20-22-27(37)26(25-43-34-32(41)31(40)30(39)29(24-36)44-34)35-33(42)28(38)23-21-19-16-12-10-8-6-4-2/h14-15,20,22,26-32,34,36-41H,3-13,16-19,21,23-25H2,1-2H3,(H,35,42)/b15-14+,22-20+. The van der Waals surface area contributed by atoms with Gasteiger partial charge in [-0.25, -0.2) is 0 Å². The first kappa shape index (κ1) is 40.7. The highest BCUT2D eigenvalue weighted by atomic mass is 16.7. The van der Waals surface area contributed by atoms with Gasteiger partial charge in [0.05, 0.1) is 25.4 Å². The molecule has 1 heterocycles. The number of nitrogens with one attached hydrogen (secondary N) is 1. The molecule has 8 atom stereocenters. The normalized spacial score (nSPS) is 24.6. The molecule has 1 amide bonds. The van der Waals surface area contributed by atoms with Gasteiger partial charge in [0.2, 0.25) is 5.91 Å². The van der Waals surface area contributed by atoms with E-state index < -0.39 is 61.5 Å². The van der Waals surface area contributed by atoms with E-state index in [9.17, 15) is 35.4 Å². The van der Waals surface area contributed by atoms with Crippen LogP contribution in [-0.4, -0.2) is 98.7 Å². The van der Waals surface area contributed by atoms with Crippen molar-refractivity contribution >= 4 is 5.91 Å². The Kier molecular flexibility index (Phi) is 23.8. The molecule has 258 valence electrons. The monoisotopic (exact) mass is 629 g/mol. The molecule has 10 heteroatoms. The Hall–Kier alpha value is -1.37. The Bertz CT molecular complexity index is 763. The Balaban J connectivity index is 2.64. The molecule has 7 N–H and O–H groups in total. The van der Waals surface area contributed by atoms with Crippen molar-refractivity contribution in [2.45, 2.75) is 172 Å². The van der Waals surface area contributed by atoms with Gasteiger partial charge in [-0.15, -0.1) is 0 Å². The fourth-order valence-corrected chi connectivity index (χ4v) is 5.17. The average Bonchev–Trinajstić information content (AvgIpc) is 3.02. The van der Waals surface area contributed by atoms with Crippen molar-refractivity contribution in [2.75, 3.05) is 13.2 Å². The summed E-state index contributed by atoms with van der Waals surface area (Å²) in [7, 11) is 0. The van der Waals surface area contributed by atoms with E-state index in [1.54, 1.807) is 6.08 Å². The lowest BCUT2D eigenvalue weighted by Crippen LogP contribution is -2.60. The lowest BCUT2D eigenvalue weighted by Gasteiger charge is -2.40. The van der Waals surface area contributed by atoms with Gasteiger partial charge in [-0.05, 0) is 32.1 Å². The third-order valence-corrected chi connectivity index (χ3v) is 8.14. The summed E-state index contributed by atoms with van der Waals surface area (Å²) in [5, 5.41) is 63.9. The predicted molar refractivity (Wildman–Crippen MR) is 172 cm³/mol. The van der Waals surface area contributed by atoms with Gasteiger partial charge in [0.1, 0.15) is 30.5 Å². The summed E-state index contributed by atoms with van der Waals surface area (Å²) in [5.74, 6) is -0.635. The largest absolute Gasteiger partial charge is 0.394 e. The van der Waals surface area contributed by atoms with E-state index >= 15 is 0 Å². The average molecular weight is 630 g/mol. The Morgan fingerprint density at radius 1 is 0.773 bits per heavy atom. The SMILES string of the molecule is CCCCCCC/C=C/CC/C=C/C(O)C(COC1OC(CO)C(O)C(O)C1O)NC(=O)C(O)CCCCCCCCCC. The molecule has 0 aromatic carbocycles. The van der Waals surface area contributed by atoms with Crippen LogP contribution in [0.1, 0.15) is 123 Å². The van der Waals surface area contributed by atoms with Crippen LogP contribution >= 0.6 is 0 Å². The van der Waals surface area contributed by atoms with E-state index in [4.69, 9.17) is 9.47 Å². The fraction of sp³-hybridized carbons (Fsp3) is 0.853. The number of aliphatic hydroxyl groups is 6. The predicted octanol–water partition coefficient (Wildman–Crippen LogP) is 3.79. The minimum absolute atomic E-state index is 0.304. The molecule has 1 saturated heterocycles. The van der Waals surface area contributed by atoms with Crippen LogP contribution in [0.2, 0.25) is 0 Å². The number of hydrogen-bond donors (Lipinski definition) is 7. The molecule has 0 saturated carbocycles. The molecule has 10 nitrogen and oxygen atoms in total. The summed E-state index contributed by atoms with van der Waals surface area (Å²) in [4.78, 5) is 12.8. The third kappa shape index (κ3) is 17.4. The summed E-state index contributed by atoms with van der Waals surface area (Å²) in [6.45, 7) is 3.47. The zero-order valence-corrected chi connectivity index (χ0v) is 27.3. The molecule has 0 aromatic rings. The molecule has 1 fully saturated rings. The van der Waals surface area contributed by atoms with Crippen molar-refractivity contribution in [2.24, 2.45) is 0 Å². The van der Waals surface area contributed by atoms with E-state index in [1.807, 2.05) is 6.08 Å². The van der Waals surface area contributed by atoms with E-state index in [-0.39, 0.29) is 6.61 Å². The zero-order chi connectivity index (χ0) is 32.6. The zero-order valence-electron chi connectivity index (χ0n) is 27.3. The molecule has 1 rings (SSSR count). The van der Waals surface area contributed by atoms with Crippen LogP contribution in [0.15, 0.2) is 24.3 Å².